The molecule has 28 heavy (non-hydrogen) atoms. The van der Waals surface area contributed by atoms with E-state index in [1.807, 2.05) is 35.8 Å². The molecule has 1 fully saturated rings. The molecule has 7 nitrogen and oxygen atoms in total. The van der Waals surface area contributed by atoms with E-state index in [0.717, 1.165) is 54.8 Å². The number of amides is 2. The molecule has 0 saturated carbocycles. The van der Waals surface area contributed by atoms with Crippen LogP contribution in [-0.2, 0) is 20.1 Å². The van der Waals surface area contributed by atoms with Crippen LogP contribution in [0.3, 0.4) is 0 Å². The van der Waals surface area contributed by atoms with E-state index in [0.29, 0.717) is 6.54 Å². The van der Waals surface area contributed by atoms with Gasteiger partial charge in [0.2, 0.25) is 0 Å². The first-order valence-electron chi connectivity index (χ1n) is 10.1. The molecule has 0 bridgehead atoms. The first kappa shape index (κ1) is 18.5. The molecule has 2 amide bonds. The highest BCUT2D eigenvalue weighted by Crippen LogP contribution is 2.21. The third-order valence-electron chi connectivity index (χ3n) is 5.75. The summed E-state index contributed by atoms with van der Waals surface area (Å²) in [7, 11) is 2.02. The number of nitrogens with one attached hydrogen (secondary N) is 1. The summed E-state index contributed by atoms with van der Waals surface area (Å²) in [5.41, 5.74) is 3.16. The van der Waals surface area contributed by atoms with Gasteiger partial charge < -0.3 is 14.8 Å². The molecule has 1 N–H and O–H groups in total. The Morgan fingerprint density at radius 3 is 3.04 bits per heavy atom. The average molecular weight is 380 g/mol. The molecule has 1 aliphatic heterocycles. The lowest BCUT2D eigenvalue weighted by Gasteiger charge is -2.35. The molecule has 2 aromatic heterocycles. The number of urea groups is 1. The van der Waals surface area contributed by atoms with Gasteiger partial charge in [-0.3, -0.25) is 4.68 Å². The number of nitrogens with zero attached hydrogens (tertiary/aromatic N) is 5. The summed E-state index contributed by atoms with van der Waals surface area (Å²) >= 11 is 0. The summed E-state index contributed by atoms with van der Waals surface area (Å²) < 4.78 is 4.02. The molecular weight excluding hydrogens is 352 g/mol. The van der Waals surface area contributed by atoms with E-state index < -0.39 is 0 Å². The number of aromatic nitrogens is 4. The average Bonchev–Trinajstić information content (AvgIpc) is 3.33. The minimum absolute atomic E-state index is 0.0301. The summed E-state index contributed by atoms with van der Waals surface area (Å²) in [6.45, 7) is 4.19. The lowest BCUT2D eigenvalue weighted by Crippen LogP contribution is -2.48. The standard InChI is InChI=1S/C21H28N6O/c1-16-24-19-14-17(7-8-20(19)25(16)2)15-22-21(28)27-12-4-3-6-18(27)9-13-26-11-5-10-23-26/h5,7-8,10-11,14,18H,3-4,6,9,12-13,15H2,1-2H3,(H,22,28). The molecule has 0 aliphatic carbocycles. The first-order valence-corrected chi connectivity index (χ1v) is 10.1. The van der Waals surface area contributed by atoms with Crippen LogP contribution in [0, 0.1) is 6.92 Å². The minimum atomic E-state index is 0.0301. The van der Waals surface area contributed by atoms with E-state index in [2.05, 4.69) is 38.2 Å². The van der Waals surface area contributed by atoms with Crippen LogP contribution in [0.4, 0.5) is 4.79 Å². The maximum Gasteiger partial charge on any atom is 0.317 e. The van der Waals surface area contributed by atoms with Crippen LogP contribution < -0.4 is 5.32 Å². The Morgan fingerprint density at radius 1 is 1.32 bits per heavy atom. The maximum atomic E-state index is 12.8. The Hall–Kier alpha value is -2.83. The van der Waals surface area contributed by atoms with Gasteiger partial charge in [0.05, 0.1) is 11.0 Å². The van der Waals surface area contributed by atoms with Gasteiger partial charge in [-0.15, -0.1) is 0 Å². The number of rotatable bonds is 5. The predicted octanol–water partition coefficient (Wildman–Crippen LogP) is 3.23. The molecule has 1 aromatic carbocycles. The SMILES string of the molecule is Cc1nc2cc(CNC(=O)N3CCCCC3CCn3cccn3)ccc2n1C. The maximum absolute atomic E-state index is 12.8. The molecule has 148 valence electrons. The second-order valence-electron chi connectivity index (χ2n) is 7.60. The molecule has 1 aliphatic rings. The van der Waals surface area contributed by atoms with Crippen molar-refractivity contribution in [3.63, 3.8) is 0 Å². The highest BCUT2D eigenvalue weighted by molar-refractivity contribution is 5.77. The summed E-state index contributed by atoms with van der Waals surface area (Å²) in [5, 5.41) is 7.38. The second kappa shape index (κ2) is 8.04. The molecule has 1 unspecified atom stereocenters. The van der Waals surface area contributed by atoms with Gasteiger partial charge in [-0.2, -0.15) is 5.10 Å². The fourth-order valence-electron chi connectivity index (χ4n) is 4.04. The van der Waals surface area contributed by atoms with Crippen molar-refractivity contribution < 1.29 is 4.79 Å². The molecule has 4 rings (SSSR count). The smallest absolute Gasteiger partial charge is 0.317 e. The van der Waals surface area contributed by atoms with Crippen LogP contribution in [0.1, 0.15) is 37.1 Å². The predicted molar refractivity (Wildman–Crippen MR) is 109 cm³/mol. The van der Waals surface area contributed by atoms with Crippen LogP contribution in [0.25, 0.3) is 11.0 Å². The van der Waals surface area contributed by atoms with E-state index in [1.54, 1.807) is 6.20 Å². The monoisotopic (exact) mass is 380 g/mol. The molecule has 7 heteroatoms. The Balaban J connectivity index is 1.37. The molecule has 3 heterocycles. The Morgan fingerprint density at radius 2 is 2.21 bits per heavy atom. The highest BCUT2D eigenvalue weighted by atomic mass is 16.2. The van der Waals surface area contributed by atoms with Crippen molar-refractivity contribution in [3.05, 3.63) is 48.0 Å². The fraction of sp³-hybridized carbons (Fsp3) is 0.476. The summed E-state index contributed by atoms with van der Waals surface area (Å²) in [6, 6.07) is 8.44. The van der Waals surface area contributed by atoms with Crippen molar-refractivity contribution in [2.45, 2.75) is 51.7 Å². The summed E-state index contributed by atoms with van der Waals surface area (Å²) in [5.74, 6) is 0.990. The van der Waals surface area contributed by atoms with Gasteiger partial charge in [0.15, 0.2) is 0 Å². The number of imidazole rings is 1. The summed E-state index contributed by atoms with van der Waals surface area (Å²) in [4.78, 5) is 19.4. The Bertz CT molecular complexity index is 945. The third kappa shape index (κ3) is 3.88. The normalized spacial score (nSPS) is 17.2. The zero-order valence-corrected chi connectivity index (χ0v) is 16.6. The van der Waals surface area contributed by atoms with Gasteiger partial charge >= 0.3 is 6.03 Å². The van der Waals surface area contributed by atoms with Crippen molar-refractivity contribution in [1.29, 1.82) is 0 Å². The van der Waals surface area contributed by atoms with Crippen molar-refractivity contribution in [2.75, 3.05) is 6.54 Å². The molecule has 1 saturated heterocycles. The molecular formula is C21H28N6O. The number of likely N-dealkylation sites (tertiary alicyclic amines) is 1. The van der Waals surface area contributed by atoms with E-state index in [9.17, 15) is 4.79 Å². The van der Waals surface area contributed by atoms with Crippen molar-refractivity contribution in [3.8, 4) is 0 Å². The van der Waals surface area contributed by atoms with Crippen molar-refractivity contribution >= 4 is 17.1 Å². The van der Waals surface area contributed by atoms with Gasteiger partial charge in [-0.05, 0) is 56.4 Å². The number of benzene rings is 1. The van der Waals surface area contributed by atoms with E-state index in [-0.39, 0.29) is 12.1 Å². The van der Waals surface area contributed by atoms with E-state index >= 15 is 0 Å². The number of aryl methyl sites for hydroxylation is 3. The number of hydrogen-bond acceptors (Lipinski definition) is 3. The van der Waals surface area contributed by atoms with Crippen LogP contribution in [0.5, 0.6) is 0 Å². The van der Waals surface area contributed by atoms with Crippen molar-refractivity contribution in [2.24, 2.45) is 7.05 Å². The topological polar surface area (TPSA) is 68.0 Å². The number of piperidine rings is 1. The Labute approximate surface area is 165 Å². The summed E-state index contributed by atoms with van der Waals surface area (Å²) in [6.07, 6.45) is 8.03. The van der Waals surface area contributed by atoms with E-state index in [4.69, 9.17) is 0 Å². The number of fused-ring (bicyclic) bond motifs is 1. The highest BCUT2D eigenvalue weighted by Gasteiger charge is 2.26. The quantitative estimate of drug-likeness (QED) is 0.739. The largest absolute Gasteiger partial charge is 0.334 e. The van der Waals surface area contributed by atoms with Gasteiger partial charge in [0.1, 0.15) is 5.82 Å². The molecule has 0 radical (unpaired) electrons. The van der Waals surface area contributed by atoms with Crippen LogP contribution in [0.2, 0.25) is 0 Å². The van der Waals surface area contributed by atoms with Gasteiger partial charge in [-0.25, -0.2) is 9.78 Å². The first-order chi connectivity index (χ1) is 13.6. The van der Waals surface area contributed by atoms with Gasteiger partial charge in [0.25, 0.3) is 0 Å². The molecule has 1 atom stereocenters. The minimum Gasteiger partial charge on any atom is -0.334 e. The van der Waals surface area contributed by atoms with Crippen molar-refractivity contribution in [1.82, 2.24) is 29.5 Å². The zero-order valence-electron chi connectivity index (χ0n) is 16.6. The van der Waals surface area contributed by atoms with Crippen LogP contribution in [-0.4, -0.2) is 42.8 Å². The fourth-order valence-corrected chi connectivity index (χ4v) is 4.04. The molecule has 0 spiro atoms. The van der Waals surface area contributed by atoms with E-state index in [1.165, 1.54) is 6.42 Å². The number of hydrogen-bond donors (Lipinski definition) is 1. The second-order valence-corrected chi connectivity index (χ2v) is 7.60. The Kier molecular flexibility index (Phi) is 5.32. The van der Waals surface area contributed by atoms with Gasteiger partial charge in [0, 0.05) is 45.1 Å². The number of carbonyl (C=O) groups is 1. The molecule has 3 aromatic rings. The third-order valence-corrected chi connectivity index (χ3v) is 5.75. The van der Waals surface area contributed by atoms with Crippen LogP contribution in [0.15, 0.2) is 36.7 Å². The lowest BCUT2D eigenvalue weighted by molar-refractivity contribution is 0.143. The van der Waals surface area contributed by atoms with Gasteiger partial charge in [-0.1, -0.05) is 6.07 Å². The lowest BCUT2D eigenvalue weighted by atomic mass is 10.00. The zero-order chi connectivity index (χ0) is 19.5. The number of carbonyl (C=O) groups excluding carboxylic acids is 1. The van der Waals surface area contributed by atoms with Crippen LogP contribution >= 0.6 is 0 Å².